The van der Waals surface area contributed by atoms with Gasteiger partial charge in [-0.2, -0.15) is 4.98 Å². The van der Waals surface area contributed by atoms with Crippen molar-refractivity contribution in [2.45, 2.75) is 13.3 Å². The molecule has 1 heterocycles. The van der Waals surface area contributed by atoms with E-state index in [1.807, 2.05) is 42.5 Å². The molecule has 3 rings (SSSR count). The lowest BCUT2D eigenvalue weighted by molar-refractivity contribution is -0.119. The van der Waals surface area contributed by atoms with Gasteiger partial charge in [0, 0.05) is 11.8 Å². The zero-order valence-electron chi connectivity index (χ0n) is 13.1. The number of nitrogens with zero attached hydrogens (tertiary/aromatic N) is 2. The number of hydrogen-bond donors (Lipinski definition) is 3. The van der Waals surface area contributed by atoms with Crippen molar-refractivity contribution in [3.63, 3.8) is 0 Å². The third-order valence-electron chi connectivity index (χ3n) is 3.42. The Labute approximate surface area is 145 Å². The summed E-state index contributed by atoms with van der Waals surface area (Å²) in [4.78, 5) is 20.3. The second-order valence-corrected chi connectivity index (χ2v) is 5.25. The number of hydrazine groups is 1. The number of carbonyl (C=O) groups excluding carboxylic acids is 1. The van der Waals surface area contributed by atoms with Gasteiger partial charge in [0.2, 0.25) is 11.9 Å². The lowest BCUT2D eigenvalue weighted by Gasteiger charge is -2.09. The number of aryl methyl sites for hydroxylation is 1. The highest BCUT2D eigenvalue weighted by molar-refractivity contribution is 5.90. The van der Waals surface area contributed by atoms with Crippen LogP contribution in [0.5, 0.6) is 0 Å². The average Bonchev–Trinajstić information content (AvgIpc) is 2.52. The van der Waals surface area contributed by atoms with Gasteiger partial charge < -0.3 is 5.73 Å². The Morgan fingerprint density at radius 1 is 1.12 bits per heavy atom. The topological polar surface area (TPSA) is 92.9 Å². The monoisotopic (exact) mass is 343 g/mol. The Balaban J connectivity index is 0.00000208. The summed E-state index contributed by atoms with van der Waals surface area (Å²) in [6.07, 6.45) is 0.260. The van der Waals surface area contributed by atoms with Crippen molar-refractivity contribution in [2.75, 3.05) is 11.2 Å². The highest BCUT2D eigenvalue weighted by Crippen LogP contribution is 2.18. The molecule has 6 nitrogen and oxygen atoms in total. The van der Waals surface area contributed by atoms with Gasteiger partial charge in [-0.3, -0.25) is 15.6 Å². The fraction of sp³-hybridized carbons (Fsp3) is 0.118. The minimum Gasteiger partial charge on any atom is -0.384 e. The van der Waals surface area contributed by atoms with E-state index in [4.69, 9.17) is 5.73 Å². The summed E-state index contributed by atoms with van der Waals surface area (Å²) in [5, 5.41) is 2.18. The fourth-order valence-corrected chi connectivity index (χ4v) is 2.44. The Kier molecular flexibility index (Phi) is 5.55. The van der Waals surface area contributed by atoms with Crippen LogP contribution < -0.4 is 16.6 Å². The molecule has 0 aliphatic carbocycles. The molecular weight excluding hydrogens is 326 g/mol. The van der Waals surface area contributed by atoms with Crippen LogP contribution in [0.2, 0.25) is 0 Å². The second-order valence-electron chi connectivity index (χ2n) is 5.25. The van der Waals surface area contributed by atoms with E-state index in [1.165, 1.54) is 0 Å². The summed E-state index contributed by atoms with van der Waals surface area (Å²) in [5.41, 5.74) is 12.6. The number of nitrogens with two attached hydrogens (primary N) is 1. The van der Waals surface area contributed by atoms with E-state index in [1.54, 1.807) is 13.0 Å². The van der Waals surface area contributed by atoms with E-state index in [9.17, 15) is 4.79 Å². The molecule has 0 aliphatic heterocycles. The molecule has 3 aromatic rings. The van der Waals surface area contributed by atoms with Crippen molar-refractivity contribution in [3.8, 4) is 0 Å². The normalized spacial score (nSPS) is 10.0. The quantitative estimate of drug-likeness (QED) is 0.633. The molecule has 0 aliphatic rings. The van der Waals surface area contributed by atoms with Gasteiger partial charge in [0.1, 0.15) is 5.82 Å². The first-order chi connectivity index (χ1) is 11.1. The van der Waals surface area contributed by atoms with Crippen molar-refractivity contribution in [1.82, 2.24) is 15.4 Å². The molecule has 0 spiro atoms. The molecule has 0 fully saturated rings. The summed E-state index contributed by atoms with van der Waals surface area (Å²) >= 11 is 0. The minimum absolute atomic E-state index is 0. The molecule has 24 heavy (non-hydrogen) atoms. The highest BCUT2D eigenvalue weighted by Gasteiger charge is 2.07. The van der Waals surface area contributed by atoms with Crippen LogP contribution in [-0.2, 0) is 11.2 Å². The van der Waals surface area contributed by atoms with Crippen LogP contribution in [0.15, 0.2) is 48.5 Å². The number of nitrogen functional groups attached to an aromatic ring is 1. The number of carbonyl (C=O) groups is 1. The van der Waals surface area contributed by atoms with Crippen molar-refractivity contribution in [3.05, 3.63) is 59.8 Å². The van der Waals surface area contributed by atoms with Crippen LogP contribution in [0.1, 0.15) is 11.3 Å². The maximum atomic E-state index is 12.1. The second kappa shape index (κ2) is 7.61. The number of benzene rings is 2. The first-order valence-corrected chi connectivity index (χ1v) is 7.24. The molecule has 2 aromatic carbocycles. The molecular formula is C17H18ClN5O. The lowest BCUT2D eigenvalue weighted by atomic mass is 10.0. The zero-order valence-corrected chi connectivity index (χ0v) is 13.9. The van der Waals surface area contributed by atoms with Crippen LogP contribution in [-0.4, -0.2) is 15.9 Å². The summed E-state index contributed by atoms with van der Waals surface area (Å²) in [6, 6.07) is 15.6. The minimum atomic E-state index is -0.176. The predicted octanol–water partition coefficient (Wildman–Crippen LogP) is 2.63. The number of hydrogen-bond acceptors (Lipinski definition) is 5. The van der Waals surface area contributed by atoms with Gasteiger partial charge in [-0.05, 0) is 23.3 Å². The molecule has 0 atom stereocenters. The Hall–Kier alpha value is -2.86. The van der Waals surface area contributed by atoms with Crippen molar-refractivity contribution in [1.29, 1.82) is 0 Å². The maximum Gasteiger partial charge on any atom is 0.243 e. The standard InChI is InChI=1S/C17H17N5O.ClH/c1-11-9-15(18)20-17(19-11)22-21-16(23)10-13-7-4-6-12-5-2-3-8-14(12)13;/h2-9H,10H2,1H3,(H,21,23)(H3,18,19,20,22);1H. The van der Waals surface area contributed by atoms with Crippen LogP contribution >= 0.6 is 12.4 Å². The largest absolute Gasteiger partial charge is 0.384 e. The first kappa shape index (κ1) is 17.5. The average molecular weight is 344 g/mol. The molecule has 0 bridgehead atoms. The summed E-state index contributed by atoms with van der Waals surface area (Å²) in [5.74, 6) is 0.446. The van der Waals surface area contributed by atoms with E-state index in [2.05, 4.69) is 20.8 Å². The lowest BCUT2D eigenvalue weighted by Crippen LogP contribution is -2.31. The van der Waals surface area contributed by atoms with Crippen molar-refractivity contribution >= 4 is 40.9 Å². The molecule has 0 saturated carbocycles. The molecule has 1 amide bonds. The molecule has 0 radical (unpaired) electrons. The van der Waals surface area contributed by atoms with Crippen LogP contribution in [0.25, 0.3) is 10.8 Å². The Morgan fingerprint density at radius 3 is 2.67 bits per heavy atom. The molecule has 0 saturated heterocycles. The number of nitrogens with one attached hydrogen (secondary N) is 2. The third-order valence-corrected chi connectivity index (χ3v) is 3.42. The molecule has 0 unspecified atom stereocenters. The molecule has 4 N–H and O–H groups in total. The maximum absolute atomic E-state index is 12.1. The number of amides is 1. The van der Waals surface area contributed by atoms with Gasteiger partial charge in [0.25, 0.3) is 0 Å². The van der Waals surface area contributed by atoms with Gasteiger partial charge in [0.15, 0.2) is 0 Å². The predicted molar refractivity (Wildman–Crippen MR) is 97.8 cm³/mol. The number of rotatable bonds is 4. The first-order valence-electron chi connectivity index (χ1n) is 7.24. The van der Waals surface area contributed by atoms with Crippen LogP contribution in [0.4, 0.5) is 11.8 Å². The Morgan fingerprint density at radius 2 is 1.88 bits per heavy atom. The van der Waals surface area contributed by atoms with Gasteiger partial charge >= 0.3 is 0 Å². The van der Waals surface area contributed by atoms with E-state index in [0.29, 0.717) is 5.82 Å². The highest BCUT2D eigenvalue weighted by atomic mass is 35.5. The van der Waals surface area contributed by atoms with E-state index < -0.39 is 0 Å². The molecule has 124 valence electrons. The number of aromatic nitrogens is 2. The zero-order chi connectivity index (χ0) is 16.2. The Bertz CT molecular complexity index is 843. The van der Waals surface area contributed by atoms with Gasteiger partial charge in [-0.1, -0.05) is 42.5 Å². The number of anilines is 2. The van der Waals surface area contributed by atoms with Crippen molar-refractivity contribution in [2.24, 2.45) is 0 Å². The van der Waals surface area contributed by atoms with E-state index in [-0.39, 0.29) is 30.7 Å². The summed E-state index contributed by atoms with van der Waals surface area (Å²) < 4.78 is 0. The summed E-state index contributed by atoms with van der Waals surface area (Å²) in [6.45, 7) is 1.81. The molecule has 1 aromatic heterocycles. The van der Waals surface area contributed by atoms with E-state index in [0.717, 1.165) is 22.0 Å². The number of halogens is 1. The van der Waals surface area contributed by atoms with Gasteiger partial charge in [-0.25, -0.2) is 4.98 Å². The van der Waals surface area contributed by atoms with Gasteiger partial charge in [-0.15, -0.1) is 12.4 Å². The number of fused-ring (bicyclic) bond motifs is 1. The summed E-state index contributed by atoms with van der Waals surface area (Å²) in [7, 11) is 0. The fourth-order valence-electron chi connectivity index (χ4n) is 2.44. The smallest absolute Gasteiger partial charge is 0.243 e. The van der Waals surface area contributed by atoms with Crippen LogP contribution in [0, 0.1) is 6.92 Å². The SMILES string of the molecule is Cc1cc(N)nc(NNC(=O)Cc2cccc3ccccc23)n1.Cl. The van der Waals surface area contributed by atoms with Gasteiger partial charge in [0.05, 0.1) is 6.42 Å². The van der Waals surface area contributed by atoms with E-state index >= 15 is 0 Å². The third kappa shape index (κ3) is 4.11. The van der Waals surface area contributed by atoms with Crippen molar-refractivity contribution < 1.29 is 4.79 Å². The van der Waals surface area contributed by atoms with Crippen LogP contribution in [0.3, 0.4) is 0 Å². The molecule has 7 heteroatoms.